The van der Waals surface area contributed by atoms with Gasteiger partial charge in [0.15, 0.2) is 5.82 Å². The van der Waals surface area contributed by atoms with E-state index < -0.39 is 0 Å². The summed E-state index contributed by atoms with van der Waals surface area (Å²) < 4.78 is 10.7. The molecule has 1 aromatic carbocycles. The minimum Gasteiger partial charge on any atom is -0.494 e. The maximum absolute atomic E-state index is 12.4. The molecule has 0 unspecified atom stereocenters. The van der Waals surface area contributed by atoms with E-state index in [0.29, 0.717) is 24.7 Å². The predicted molar refractivity (Wildman–Crippen MR) is 93.5 cm³/mol. The van der Waals surface area contributed by atoms with E-state index in [1.807, 2.05) is 43.0 Å². The third-order valence-electron chi connectivity index (χ3n) is 4.60. The molecule has 25 heavy (non-hydrogen) atoms. The van der Waals surface area contributed by atoms with Gasteiger partial charge in [-0.25, -0.2) is 0 Å². The number of nitrogens with zero attached hydrogens (tertiary/aromatic N) is 3. The van der Waals surface area contributed by atoms with Crippen molar-refractivity contribution in [1.29, 1.82) is 0 Å². The van der Waals surface area contributed by atoms with Gasteiger partial charge in [-0.3, -0.25) is 4.79 Å². The summed E-state index contributed by atoms with van der Waals surface area (Å²) in [6.45, 7) is 5.97. The molecule has 0 spiro atoms. The van der Waals surface area contributed by atoms with Gasteiger partial charge in [-0.2, -0.15) is 4.98 Å². The molecule has 2 heterocycles. The van der Waals surface area contributed by atoms with Gasteiger partial charge in [-0.15, -0.1) is 0 Å². The summed E-state index contributed by atoms with van der Waals surface area (Å²) in [5.41, 5.74) is 1.16. The molecule has 1 amide bonds. The van der Waals surface area contributed by atoms with Crippen molar-refractivity contribution >= 4 is 5.91 Å². The molecule has 1 aliphatic rings. The number of aromatic nitrogens is 2. The third-order valence-corrected chi connectivity index (χ3v) is 4.60. The van der Waals surface area contributed by atoms with Gasteiger partial charge in [0, 0.05) is 25.4 Å². The molecule has 6 heteroatoms. The fourth-order valence-corrected chi connectivity index (χ4v) is 3.18. The fourth-order valence-electron chi connectivity index (χ4n) is 3.18. The number of amides is 1. The van der Waals surface area contributed by atoms with Crippen LogP contribution < -0.4 is 4.74 Å². The van der Waals surface area contributed by atoms with Crippen molar-refractivity contribution in [1.82, 2.24) is 15.0 Å². The summed E-state index contributed by atoms with van der Waals surface area (Å²) >= 11 is 0. The summed E-state index contributed by atoms with van der Waals surface area (Å²) in [5.74, 6) is 2.74. The Bertz CT molecular complexity index is 688. The lowest BCUT2D eigenvalue weighted by molar-refractivity contribution is -0.132. The molecule has 1 saturated heterocycles. The molecule has 0 atom stereocenters. The Morgan fingerprint density at radius 3 is 2.60 bits per heavy atom. The van der Waals surface area contributed by atoms with Crippen molar-refractivity contribution in [2.45, 2.75) is 45.4 Å². The second kappa shape index (κ2) is 8.14. The number of carbonyl (C=O) groups excluding carboxylic acids is 1. The summed E-state index contributed by atoms with van der Waals surface area (Å²) in [4.78, 5) is 18.7. The lowest BCUT2D eigenvalue weighted by atomic mass is 9.96. The van der Waals surface area contributed by atoms with Gasteiger partial charge in [0.05, 0.1) is 6.61 Å². The monoisotopic (exact) mass is 343 g/mol. The Morgan fingerprint density at radius 2 is 2.00 bits per heavy atom. The summed E-state index contributed by atoms with van der Waals surface area (Å²) in [5, 5.41) is 3.85. The van der Waals surface area contributed by atoms with E-state index >= 15 is 0 Å². The van der Waals surface area contributed by atoms with Crippen LogP contribution in [0, 0.1) is 6.92 Å². The van der Waals surface area contributed by atoms with Crippen LogP contribution in [0.3, 0.4) is 0 Å². The van der Waals surface area contributed by atoms with Gasteiger partial charge in [-0.1, -0.05) is 17.3 Å². The average Bonchev–Trinajstić information content (AvgIpc) is 3.08. The van der Waals surface area contributed by atoms with Crippen LogP contribution in [-0.4, -0.2) is 40.6 Å². The fraction of sp³-hybridized carbons (Fsp3) is 0.526. The van der Waals surface area contributed by atoms with Gasteiger partial charge >= 0.3 is 0 Å². The van der Waals surface area contributed by atoms with Crippen LogP contribution in [0.5, 0.6) is 5.75 Å². The molecule has 1 aliphatic heterocycles. The standard InChI is InChI=1S/C19H25N3O3/c1-3-24-17-7-4-15(5-8-17)6-9-18(23)22-12-10-16(11-13-22)19-20-14(2)21-25-19/h4-5,7-8,16H,3,6,9-13H2,1-2H3. The highest BCUT2D eigenvalue weighted by Gasteiger charge is 2.26. The van der Waals surface area contributed by atoms with Crippen molar-refractivity contribution in [2.24, 2.45) is 0 Å². The number of likely N-dealkylation sites (tertiary alicyclic amines) is 1. The average molecular weight is 343 g/mol. The molecule has 0 saturated carbocycles. The highest BCUT2D eigenvalue weighted by molar-refractivity contribution is 5.76. The number of hydrogen-bond acceptors (Lipinski definition) is 5. The van der Waals surface area contributed by atoms with Gasteiger partial charge in [-0.05, 0) is 50.8 Å². The van der Waals surface area contributed by atoms with Crippen molar-refractivity contribution in [3.8, 4) is 5.75 Å². The lowest BCUT2D eigenvalue weighted by Crippen LogP contribution is -2.38. The molecular weight excluding hydrogens is 318 g/mol. The summed E-state index contributed by atoms with van der Waals surface area (Å²) in [7, 11) is 0. The first-order valence-corrected chi connectivity index (χ1v) is 8.95. The molecule has 1 fully saturated rings. The van der Waals surface area contributed by atoms with Crippen molar-refractivity contribution in [3.05, 3.63) is 41.5 Å². The quantitative estimate of drug-likeness (QED) is 0.806. The first-order chi connectivity index (χ1) is 12.2. The lowest BCUT2D eigenvalue weighted by Gasteiger charge is -2.30. The van der Waals surface area contributed by atoms with Crippen LogP contribution >= 0.6 is 0 Å². The predicted octanol–water partition coefficient (Wildman–Crippen LogP) is 3.12. The second-order valence-electron chi connectivity index (χ2n) is 6.41. The minimum atomic E-state index is 0.217. The molecule has 0 aliphatic carbocycles. The number of hydrogen-bond donors (Lipinski definition) is 0. The Labute approximate surface area is 148 Å². The van der Waals surface area contributed by atoms with E-state index in [9.17, 15) is 4.79 Å². The third kappa shape index (κ3) is 4.59. The molecule has 0 radical (unpaired) electrons. The van der Waals surface area contributed by atoms with E-state index in [0.717, 1.165) is 43.7 Å². The number of aryl methyl sites for hydroxylation is 2. The van der Waals surface area contributed by atoms with Gasteiger partial charge in [0.2, 0.25) is 11.8 Å². The molecule has 2 aromatic rings. The van der Waals surface area contributed by atoms with Crippen LogP contribution in [0.15, 0.2) is 28.8 Å². The number of ether oxygens (including phenoxy) is 1. The molecule has 6 nitrogen and oxygen atoms in total. The maximum atomic E-state index is 12.4. The maximum Gasteiger partial charge on any atom is 0.229 e. The number of carbonyl (C=O) groups is 1. The Kier molecular flexibility index (Phi) is 5.68. The number of piperidine rings is 1. The first kappa shape index (κ1) is 17.5. The van der Waals surface area contributed by atoms with Crippen LogP contribution in [-0.2, 0) is 11.2 Å². The van der Waals surface area contributed by atoms with Gasteiger partial charge in [0.25, 0.3) is 0 Å². The minimum absolute atomic E-state index is 0.217. The number of benzene rings is 1. The van der Waals surface area contributed by atoms with Gasteiger partial charge in [0.1, 0.15) is 5.75 Å². The normalized spacial score (nSPS) is 15.4. The van der Waals surface area contributed by atoms with Crippen molar-refractivity contribution < 1.29 is 14.1 Å². The van der Waals surface area contributed by atoms with E-state index in [1.165, 1.54) is 0 Å². The van der Waals surface area contributed by atoms with Crippen molar-refractivity contribution in [3.63, 3.8) is 0 Å². The van der Waals surface area contributed by atoms with E-state index in [4.69, 9.17) is 9.26 Å². The molecule has 3 rings (SSSR count). The van der Waals surface area contributed by atoms with Crippen LogP contribution in [0.1, 0.15) is 49.4 Å². The Hall–Kier alpha value is -2.37. The van der Waals surface area contributed by atoms with Crippen LogP contribution in [0.25, 0.3) is 0 Å². The highest BCUT2D eigenvalue weighted by atomic mass is 16.5. The largest absolute Gasteiger partial charge is 0.494 e. The zero-order valence-corrected chi connectivity index (χ0v) is 14.9. The SMILES string of the molecule is CCOc1ccc(CCC(=O)N2CCC(c3nc(C)no3)CC2)cc1. The molecule has 0 N–H and O–H groups in total. The van der Waals surface area contributed by atoms with Gasteiger partial charge < -0.3 is 14.2 Å². The smallest absolute Gasteiger partial charge is 0.229 e. The molecular formula is C19H25N3O3. The van der Waals surface area contributed by atoms with E-state index in [1.54, 1.807) is 0 Å². The molecule has 134 valence electrons. The summed E-state index contributed by atoms with van der Waals surface area (Å²) in [6, 6.07) is 7.98. The topological polar surface area (TPSA) is 68.5 Å². The molecule has 1 aromatic heterocycles. The van der Waals surface area contributed by atoms with Crippen LogP contribution in [0.4, 0.5) is 0 Å². The first-order valence-electron chi connectivity index (χ1n) is 8.95. The second-order valence-corrected chi connectivity index (χ2v) is 6.41. The van der Waals surface area contributed by atoms with E-state index in [-0.39, 0.29) is 11.8 Å². The Balaban J connectivity index is 1.44. The number of rotatable bonds is 6. The zero-order valence-electron chi connectivity index (χ0n) is 14.9. The molecule has 0 bridgehead atoms. The zero-order chi connectivity index (χ0) is 17.6. The Morgan fingerprint density at radius 1 is 1.28 bits per heavy atom. The highest BCUT2D eigenvalue weighted by Crippen LogP contribution is 2.27. The van der Waals surface area contributed by atoms with Crippen LogP contribution in [0.2, 0.25) is 0 Å². The van der Waals surface area contributed by atoms with E-state index in [2.05, 4.69) is 10.1 Å². The van der Waals surface area contributed by atoms with Crippen molar-refractivity contribution in [2.75, 3.05) is 19.7 Å². The summed E-state index contributed by atoms with van der Waals surface area (Å²) in [6.07, 6.45) is 3.07.